The lowest BCUT2D eigenvalue weighted by molar-refractivity contribution is -0.137. The first-order valence-corrected chi connectivity index (χ1v) is 18.4. The van der Waals surface area contributed by atoms with Gasteiger partial charge in [-0.05, 0) is 78.1 Å². The Morgan fingerprint density at radius 3 is 1.96 bits per heavy atom. The van der Waals surface area contributed by atoms with Gasteiger partial charge in [-0.25, -0.2) is 25.5 Å². The van der Waals surface area contributed by atoms with Gasteiger partial charge in [0.2, 0.25) is 20.0 Å². The molecule has 10 nitrogen and oxygen atoms in total. The van der Waals surface area contributed by atoms with Crippen LogP contribution in [0.15, 0.2) is 77.7 Å². The Bertz CT molecular complexity index is 1750. The molecule has 0 bridgehead atoms. The predicted molar refractivity (Wildman–Crippen MR) is 171 cm³/mol. The molecule has 46 heavy (non-hydrogen) atoms. The van der Waals surface area contributed by atoms with Crippen molar-refractivity contribution in [2.24, 2.45) is 0 Å². The molecule has 2 aliphatic heterocycles. The summed E-state index contributed by atoms with van der Waals surface area (Å²) in [7, 11) is -6.92. The zero-order chi connectivity index (χ0) is 33.5. The number of rotatable bonds is 9. The van der Waals surface area contributed by atoms with Crippen LogP contribution < -0.4 is 0 Å². The molecule has 248 valence electrons. The first-order chi connectivity index (χ1) is 21.7. The van der Waals surface area contributed by atoms with E-state index in [1.165, 1.54) is 27.0 Å². The number of hydrogen-bond acceptors (Lipinski definition) is 6. The van der Waals surface area contributed by atoms with Crippen molar-refractivity contribution >= 4 is 32.0 Å². The van der Waals surface area contributed by atoms with E-state index in [9.17, 15) is 30.8 Å². The highest BCUT2D eigenvalue weighted by Crippen LogP contribution is 2.36. The molecule has 0 aromatic heterocycles. The van der Waals surface area contributed by atoms with Gasteiger partial charge < -0.3 is 10.2 Å². The molecule has 13 heteroatoms. The van der Waals surface area contributed by atoms with E-state index < -0.39 is 37.8 Å². The van der Waals surface area contributed by atoms with E-state index >= 15 is 0 Å². The topological polar surface area (TPSA) is 149 Å². The van der Waals surface area contributed by atoms with Crippen molar-refractivity contribution in [3.63, 3.8) is 0 Å². The van der Waals surface area contributed by atoms with Crippen molar-refractivity contribution in [2.75, 3.05) is 25.9 Å². The van der Waals surface area contributed by atoms with Crippen LogP contribution in [0.1, 0.15) is 66.3 Å². The van der Waals surface area contributed by atoms with Crippen molar-refractivity contribution in [1.29, 1.82) is 0 Å². The van der Waals surface area contributed by atoms with Gasteiger partial charge in [0.05, 0.1) is 30.0 Å². The van der Waals surface area contributed by atoms with Crippen LogP contribution in [-0.4, -0.2) is 73.5 Å². The number of sulfonamides is 2. The number of hydrogen-bond donors (Lipinski definition) is 2. The fourth-order valence-corrected chi connectivity index (χ4v) is 8.59. The fourth-order valence-electron chi connectivity index (χ4n) is 6.00. The molecule has 0 saturated carbocycles. The van der Waals surface area contributed by atoms with Gasteiger partial charge >= 0.3 is 11.9 Å². The lowest BCUT2D eigenvalue weighted by Crippen LogP contribution is -2.38. The maximum atomic E-state index is 13.2. The summed E-state index contributed by atoms with van der Waals surface area (Å²) in [5.41, 5.74) is 3.21. The van der Waals surface area contributed by atoms with Crippen molar-refractivity contribution in [3.8, 4) is 0 Å². The molecule has 0 amide bonds. The number of benzene rings is 3. The van der Waals surface area contributed by atoms with Gasteiger partial charge in [0.15, 0.2) is 0 Å². The second-order valence-corrected chi connectivity index (χ2v) is 15.5. The summed E-state index contributed by atoms with van der Waals surface area (Å²) in [6.07, 6.45) is 5.20. The van der Waals surface area contributed by atoms with Crippen LogP contribution in [0.3, 0.4) is 0 Å². The average molecular weight is 675 g/mol. The van der Waals surface area contributed by atoms with E-state index in [1.807, 2.05) is 24.3 Å². The van der Waals surface area contributed by atoms with Crippen molar-refractivity contribution in [3.05, 3.63) is 101 Å². The second-order valence-electron chi connectivity index (χ2n) is 11.7. The molecule has 2 fully saturated rings. The van der Waals surface area contributed by atoms with Crippen molar-refractivity contribution in [1.82, 2.24) is 8.61 Å². The zero-order valence-electron chi connectivity index (χ0n) is 25.6. The van der Waals surface area contributed by atoms with Gasteiger partial charge in [-0.3, -0.25) is 9.59 Å². The normalized spacial score (nSPS) is 19.5. The Morgan fingerprint density at radius 1 is 0.783 bits per heavy atom. The van der Waals surface area contributed by atoms with E-state index in [2.05, 4.69) is 0 Å². The number of carboxylic acids is 2. The maximum Gasteiger partial charge on any atom is 0.307 e. The molecular weight excluding hydrogens is 636 g/mol. The minimum Gasteiger partial charge on any atom is -0.481 e. The Balaban J connectivity index is 0.000000216. The van der Waals surface area contributed by atoms with Gasteiger partial charge in [0, 0.05) is 19.6 Å². The number of halogens is 1. The van der Waals surface area contributed by atoms with Crippen molar-refractivity contribution in [2.45, 2.75) is 61.8 Å². The van der Waals surface area contributed by atoms with Crippen LogP contribution in [0, 0.1) is 5.82 Å². The molecule has 0 radical (unpaired) electrons. The van der Waals surface area contributed by atoms with Crippen molar-refractivity contribution < 1.29 is 41.0 Å². The summed E-state index contributed by atoms with van der Waals surface area (Å²) < 4.78 is 65.5. The Hall–Kier alpha value is -3.65. The summed E-state index contributed by atoms with van der Waals surface area (Å²) >= 11 is 0. The van der Waals surface area contributed by atoms with Gasteiger partial charge in [0.1, 0.15) is 5.82 Å². The molecule has 2 N–H and O–H groups in total. The van der Waals surface area contributed by atoms with Crippen LogP contribution in [0.25, 0.3) is 0 Å². The molecular formula is C33H39FN2O8S2. The summed E-state index contributed by atoms with van der Waals surface area (Å²) in [4.78, 5) is 21.8. The highest BCUT2D eigenvalue weighted by Gasteiger charge is 2.34. The first kappa shape index (κ1) is 35.2. The van der Waals surface area contributed by atoms with Gasteiger partial charge in [-0.2, -0.15) is 4.31 Å². The Kier molecular flexibility index (Phi) is 11.7. The number of nitrogens with zero attached hydrogens (tertiary/aromatic N) is 2. The maximum absolute atomic E-state index is 13.2. The fraction of sp³-hybridized carbons (Fsp3) is 0.394. The SMILES string of the molecule is CS(=O)(=O)N1CCCC(c2cccc(CC(=O)O)c2)C1.O=C(O)Cc1cccc(C2CCCCN2S(=O)(=O)c2ccc(F)cc2)c1. The lowest BCUT2D eigenvalue weighted by atomic mass is 9.90. The quantitative estimate of drug-likeness (QED) is 0.328. The molecule has 2 atom stereocenters. The summed E-state index contributed by atoms with van der Waals surface area (Å²) in [5, 5.41) is 17.8. The lowest BCUT2D eigenvalue weighted by Gasteiger charge is -2.35. The third kappa shape index (κ3) is 9.44. The van der Waals surface area contributed by atoms with Gasteiger partial charge in [-0.15, -0.1) is 0 Å². The molecule has 3 aromatic carbocycles. The minimum absolute atomic E-state index is 0.00362. The minimum atomic E-state index is -3.76. The van der Waals surface area contributed by atoms with Crippen LogP contribution >= 0.6 is 0 Å². The smallest absolute Gasteiger partial charge is 0.307 e. The zero-order valence-corrected chi connectivity index (χ0v) is 27.2. The highest BCUT2D eigenvalue weighted by atomic mass is 32.2. The number of aliphatic carboxylic acids is 2. The number of carbonyl (C=O) groups is 2. The number of piperidine rings is 2. The van der Waals surface area contributed by atoms with Crippen LogP contribution in [0.2, 0.25) is 0 Å². The standard InChI is InChI=1S/C19H20FNO4S.C14H19NO4S/c20-16-7-9-17(10-8-16)26(24,25)21-11-2-1-6-18(21)15-5-3-4-14(12-15)13-19(22)23;1-20(18,19)15-7-3-6-13(10-15)12-5-2-4-11(8-12)9-14(16)17/h3-5,7-10,12,18H,1-2,6,11,13H2,(H,22,23);2,4-5,8,13H,3,6-7,9-10H2,1H3,(H,16,17). The summed E-state index contributed by atoms with van der Waals surface area (Å²) in [6, 6.07) is 19.0. The molecule has 2 heterocycles. The Labute approximate surface area is 269 Å². The van der Waals surface area contributed by atoms with Gasteiger partial charge in [0.25, 0.3) is 0 Å². The van der Waals surface area contributed by atoms with Crippen LogP contribution in [-0.2, 0) is 42.5 Å². The predicted octanol–water partition coefficient (Wildman–Crippen LogP) is 4.82. The molecule has 2 saturated heterocycles. The molecule has 3 aromatic rings. The van der Waals surface area contributed by atoms with Crippen LogP contribution in [0.5, 0.6) is 0 Å². The second kappa shape index (κ2) is 15.3. The van der Waals surface area contributed by atoms with Crippen LogP contribution in [0.4, 0.5) is 4.39 Å². The first-order valence-electron chi connectivity index (χ1n) is 15.1. The highest BCUT2D eigenvalue weighted by molar-refractivity contribution is 7.89. The summed E-state index contributed by atoms with van der Waals surface area (Å²) in [6.45, 7) is 1.44. The number of carboxylic acid groups (broad SMARTS) is 2. The third-order valence-electron chi connectivity index (χ3n) is 8.20. The van der Waals surface area contributed by atoms with E-state index in [4.69, 9.17) is 10.2 Å². The van der Waals surface area contributed by atoms with E-state index in [0.717, 1.165) is 54.5 Å². The summed E-state index contributed by atoms with van der Waals surface area (Å²) in [5.74, 6) is -2.13. The molecule has 2 aliphatic rings. The third-order valence-corrected chi connectivity index (χ3v) is 11.4. The molecule has 0 aliphatic carbocycles. The Morgan fingerprint density at radius 2 is 1.37 bits per heavy atom. The molecule has 2 unspecified atom stereocenters. The van der Waals surface area contributed by atoms with E-state index in [-0.39, 0.29) is 29.7 Å². The monoisotopic (exact) mass is 674 g/mol. The molecule has 0 spiro atoms. The largest absolute Gasteiger partial charge is 0.481 e. The molecule has 5 rings (SSSR count). The van der Waals surface area contributed by atoms with Gasteiger partial charge in [-0.1, -0.05) is 55.0 Å². The van der Waals surface area contributed by atoms with E-state index in [0.29, 0.717) is 31.6 Å². The van der Waals surface area contributed by atoms with E-state index in [1.54, 1.807) is 24.3 Å². The average Bonchev–Trinajstić information content (AvgIpc) is 3.01.